The molecule has 1 amide bonds. The van der Waals surface area contributed by atoms with Crippen molar-refractivity contribution in [1.29, 1.82) is 0 Å². The summed E-state index contributed by atoms with van der Waals surface area (Å²) >= 11 is 0. The highest BCUT2D eigenvalue weighted by atomic mass is 16.3. The van der Waals surface area contributed by atoms with Gasteiger partial charge in [0.25, 0.3) is 0 Å². The van der Waals surface area contributed by atoms with Crippen molar-refractivity contribution in [2.24, 2.45) is 11.3 Å². The van der Waals surface area contributed by atoms with E-state index in [9.17, 15) is 9.90 Å². The molecule has 86 valence electrons. The normalized spacial score (nSPS) is 39.9. The maximum Gasteiger partial charge on any atom is 0.220 e. The zero-order chi connectivity index (χ0) is 10.9. The molecule has 0 aromatic rings. The SMILES string of the molecule is CNC(=O)CC12CCCC(CC(O)C1)C2. The van der Waals surface area contributed by atoms with Gasteiger partial charge in [-0.05, 0) is 37.0 Å². The third-order valence-electron chi connectivity index (χ3n) is 4.13. The highest BCUT2D eigenvalue weighted by Crippen LogP contribution is 2.50. The molecule has 0 aliphatic heterocycles. The van der Waals surface area contributed by atoms with Crippen LogP contribution in [-0.4, -0.2) is 24.2 Å². The third kappa shape index (κ3) is 2.33. The van der Waals surface area contributed by atoms with Crippen molar-refractivity contribution in [3.63, 3.8) is 0 Å². The van der Waals surface area contributed by atoms with Gasteiger partial charge in [0.2, 0.25) is 5.91 Å². The van der Waals surface area contributed by atoms with Crippen molar-refractivity contribution >= 4 is 5.91 Å². The first-order chi connectivity index (χ1) is 7.13. The monoisotopic (exact) mass is 211 g/mol. The van der Waals surface area contributed by atoms with Gasteiger partial charge in [0.1, 0.15) is 0 Å². The number of hydrogen-bond acceptors (Lipinski definition) is 2. The van der Waals surface area contributed by atoms with E-state index >= 15 is 0 Å². The number of rotatable bonds is 2. The third-order valence-corrected chi connectivity index (χ3v) is 4.13. The van der Waals surface area contributed by atoms with Crippen molar-refractivity contribution in [3.05, 3.63) is 0 Å². The van der Waals surface area contributed by atoms with Crippen LogP contribution in [0, 0.1) is 11.3 Å². The van der Waals surface area contributed by atoms with Crippen LogP contribution in [0.15, 0.2) is 0 Å². The quantitative estimate of drug-likeness (QED) is 0.726. The maximum atomic E-state index is 11.5. The molecule has 3 nitrogen and oxygen atoms in total. The lowest BCUT2D eigenvalue weighted by molar-refractivity contribution is -0.126. The number of carbonyl (C=O) groups is 1. The van der Waals surface area contributed by atoms with Crippen LogP contribution in [0.3, 0.4) is 0 Å². The van der Waals surface area contributed by atoms with Crippen LogP contribution < -0.4 is 5.32 Å². The molecule has 15 heavy (non-hydrogen) atoms. The van der Waals surface area contributed by atoms with Gasteiger partial charge >= 0.3 is 0 Å². The minimum absolute atomic E-state index is 0.112. The van der Waals surface area contributed by atoms with Gasteiger partial charge in [-0.25, -0.2) is 0 Å². The first kappa shape index (κ1) is 10.9. The fourth-order valence-electron chi connectivity index (χ4n) is 3.60. The number of amides is 1. The highest BCUT2D eigenvalue weighted by molar-refractivity contribution is 5.76. The lowest BCUT2D eigenvalue weighted by atomic mass is 9.60. The van der Waals surface area contributed by atoms with E-state index in [1.54, 1.807) is 7.05 Å². The van der Waals surface area contributed by atoms with Crippen molar-refractivity contribution < 1.29 is 9.90 Å². The zero-order valence-corrected chi connectivity index (χ0v) is 9.46. The summed E-state index contributed by atoms with van der Waals surface area (Å²) in [6.45, 7) is 0. The topological polar surface area (TPSA) is 49.3 Å². The van der Waals surface area contributed by atoms with E-state index in [2.05, 4.69) is 5.32 Å². The Kier molecular flexibility index (Phi) is 3.01. The molecule has 0 saturated heterocycles. The number of aliphatic hydroxyl groups excluding tert-OH is 1. The second-order valence-corrected chi connectivity index (χ2v) is 5.41. The van der Waals surface area contributed by atoms with Crippen LogP contribution in [0.2, 0.25) is 0 Å². The number of fused-ring (bicyclic) bond motifs is 2. The van der Waals surface area contributed by atoms with Crippen LogP contribution in [0.5, 0.6) is 0 Å². The first-order valence-electron chi connectivity index (χ1n) is 6.02. The number of hydrogen-bond donors (Lipinski definition) is 2. The molecule has 2 bridgehead atoms. The summed E-state index contributed by atoms with van der Waals surface area (Å²) in [7, 11) is 1.69. The molecule has 0 aromatic carbocycles. The molecule has 2 aliphatic rings. The molecule has 0 spiro atoms. The molecule has 3 atom stereocenters. The Bertz CT molecular complexity index is 250. The highest BCUT2D eigenvalue weighted by Gasteiger charge is 2.43. The Morgan fingerprint density at radius 2 is 2.33 bits per heavy atom. The molecular weight excluding hydrogens is 190 g/mol. The largest absolute Gasteiger partial charge is 0.393 e. The minimum atomic E-state index is -0.172. The summed E-state index contributed by atoms with van der Waals surface area (Å²) in [6, 6.07) is 0. The van der Waals surface area contributed by atoms with Gasteiger partial charge in [-0.2, -0.15) is 0 Å². The van der Waals surface area contributed by atoms with Crippen LogP contribution in [-0.2, 0) is 4.79 Å². The molecule has 2 N–H and O–H groups in total. The van der Waals surface area contributed by atoms with E-state index in [-0.39, 0.29) is 17.4 Å². The summed E-state index contributed by atoms with van der Waals surface area (Å²) in [5, 5.41) is 12.5. The molecule has 3 heteroatoms. The van der Waals surface area contributed by atoms with Gasteiger partial charge in [-0.3, -0.25) is 4.79 Å². The van der Waals surface area contributed by atoms with E-state index < -0.39 is 0 Å². The van der Waals surface area contributed by atoms with Crippen LogP contribution in [0.4, 0.5) is 0 Å². The average Bonchev–Trinajstić information content (AvgIpc) is 2.15. The van der Waals surface area contributed by atoms with E-state index in [1.807, 2.05) is 0 Å². The second-order valence-electron chi connectivity index (χ2n) is 5.41. The van der Waals surface area contributed by atoms with Crippen molar-refractivity contribution in [1.82, 2.24) is 5.32 Å². The maximum absolute atomic E-state index is 11.5. The van der Waals surface area contributed by atoms with Gasteiger partial charge in [-0.1, -0.05) is 12.8 Å². The predicted octanol–water partition coefficient (Wildman–Crippen LogP) is 1.45. The van der Waals surface area contributed by atoms with E-state index in [1.165, 1.54) is 12.8 Å². The number of carbonyl (C=O) groups excluding carboxylic acids is 1. The molecule has 2 saturated carbocycles. The van der Waals surface area contributed by atoms with Gasteiger partial charge in [0.15, 0.2) is 0 Å². The Morgan fingerprint density at radius 1 is 1.53 bits per heavy atom. The Morgan fingerprint density at radius 3 is 3.07 bits per heavy atom. The molecule has 2 fully saturated rings. The fraction of sp³-hybridized carbons (Fsp3) is 0.917. The average molecular weight is 211 g/mol. The molecular formula is C12H21NO2. The minimum Gasteiger partial charge on any atom is -0.393 e. The van der Waals surface area contributed by atoms with E-state index in [0.29, 0.717) is 12.3 Å². The Labute approximate surface area is 91.2 Å². The van der Waals surface area contributed by atoms with Gasteiger partial charge in [-0.15, -0.1) is 0 Å². The molecule has 2 aliphatic carbocycles. The molecule has 3 unspecified atom stereocenters. The lowest BCUT2D eigenvalue weighted by Gasteiger charge is -2.46. The fourth-order valence-corrected chi connectivity index (χ4v) is 3.60. The molecule has 2 rings (SSSR count). The molecule has 0 heterocycles. The van der Waals surface area contributed by atoms with E-state index in [4.69, 9.17) is 0 Å². The first-order valence-corrected chi connectivity index (χ1v) is 6.02. The molecule has 0 radical (unpaired) electrons. The van der Waals surface area contributed by atoms with Crippen molar-refractivity contribution in [2.75, 3.05) is 7.05 Å². The summed E-state index contributed by atoms with van der Waals surface area (Å²) in [5.74, 6) is 0.789. The van der Waals surface area contributed by atoms with Crippen molar-refractivity contribution in [2.45, 2.75) is 51.0 Å². The van der Waals surface area contributed by atoms with E-state index in [0.717, 1.165) is 25.7 Å². The van der Waals surface area contributed by atoms with Crippen LogP contribution >= 0.6 is 0 Å². The summed E-state index contributed by atoms with van der Waals surface area (Å²) in [6.07, 6.45) is 6.96. The van der Waals surface area contributed by atoms with Gasteiger partial charge in [0.05, 0.1) is 6.10 Å². The summed E-state index contributed by atoms with van der Waals surface area (Å²) in [5.41, 5.74) is 0.112. The molecule has 0 aromatic heterocycles. The summed E-state index contributed by atoms with van der Waals surface area (Å²) < 4.78 is 0. The van der Waals surface area contributed by atoms with Crippen LogP contribution in [0.1, 0.15) is 44.9 Å². The Hall–Kier alpha value is -0.570. The van der Waals surface area contributed by atoms with Crippen molar-refractivity contribution in [3.8, 4) is 0 Å². The Balaban J connectivity index is 2.06. The second kappa shape index (κ2) is 4.12. The van der Waals surface area contributed by atoms with Crippen LogP contribution in [0.25, 0.3) is 0 Å². The predicted molar refractivity (Wildman–Crippen MR) is 58.3 cm³/mol. The van der Waals surface area contributed by atoms with Gasteiger partial charge in [0, 0.05) is 13.5 Å². The zero-order valence-electron chi connectivity index (χ0n) is 9.46. The number of aliphatic hydroxyl groups is 1. The standard InChI is InChI=1S/C12H21NO2/c1-13-11(15)8-12-4-2-3-9(6-12)5-10(14)7-12/h9-10,14H,2-8H2,1H3,(H,13,15). The lowest BCUT2D eigenvalue weighted by Crippen LogP contribution is -2.42. The van der Waals surface area contributed by atoms with Gasteiger partial charge < -0.3 is 10.4 Å². The number of nitrogens with one attached hydrogen (secondary N) is 1. The smallest absolute Gasteiger partial charge is 0.220 e. The summed E-state index contributed by atoms with van der Waals surface area (Å²) in [4.78, 5) is 11.5.